The Morgan fingerprint density at radius 1 is 0.960 bits per heavy atom. The van der Waals surface area contributed by atoms with E-state index in [1.54, 1.807) is 6.21 Å². The summed E-state index contributed by atoms with van der Waals surface area (Å²) >= 11 is 12.2. The number of rotatable bonds is 5. The van der Waals surface area contributed by atoms with Crippen molar-refractivity contribution >= 4 is 35.5 Å². The molecule has 0 spiro atoms. The maximum atomic E-state index is 6.25. The fourth-order valence-electron chi connectivity index (χ4n) is 2.74. The smallest absolute Gasteiger partial charge is 0.0657 e. The quantitative estimate of drug-likeness (QED) is 0.705. The van der Waals surface area contributed by atoms with E-state index in [2.05, 4.69) is 27.1 Å². The minimum Gasteiger partial charge on any atom is -0.295 e. The largest absolute Gasteiger partial charge is 0.295 e. The van der Waals surface area contributed by atoms with Crippen LogP contribution in [0.1, 0.15) is 11.1 Å². The number of hydrazone groups is 1. The lowest BCUT2D eigenvalue weighted by Crippen LogP contribution is -2.43. The molecule has 1 aliphatic heterocycles. The van der Waals surface area contributed by atoms with Crippen molar-refractivity contribution in [2.45, 2.75) is 6.54 Å². The van der Waals surface area contributed by atoms with Crippen LogP contribution in [0, 0.1) is 0 Å². The van der Waals surface area contributed by atoms with Crippen LogP contribution in [0.4, 0.5) is 0 Å². The van der Waals surface area contributed by atoms with Gasteiger partial charge in [-0.15, -0.1) is 0 Å². The number of hydrogen-bond acceptors (Lipinski definition) is 3. The van der Waals surface area contributed by atoms with Crippen LogP contribution in [-0.4, -0.2) is 42.3 Å². The molecule has 25 heavy (non-hydrogen) atoms. The van der Waals surface area contributed by atoms with Gasteiger partial charge < -0.3 is 0 Å². The van der Waals surface area contributed by atoms with Gasteiger partial charge in [-0.2, -0.15) is 5.10 Å². The third-order valence-electron chi connectivity index (χ3n) is 4.12. The van der Waals surface area contributed by atoms with Crippen molar-refractivity contribution in [1.29, 1.82) is 0 Å². The maximum Gasteiger partial charge on any atom is 0.0657 e. The summed E-state index contributed by atoms with van der Waals surface area (Å²) in [6, 6.07) is 18.1. The molecule has 1 fully saturated rings. The lowest BCUT2D eigenvalue weighted by atomic mass is 10.2. The summed E-state index contributed by atoms with van der Waals surface area (Å²) in [4.78, 5) is 2.43. The van der Waals surface area contributed by atoms with Gasteiger partial charge in [-0.3, -0.25) is 9.91 Å². The summed E-state index contributed by atoms with van der Waals surface area (Å²) < 4.78 is 0. The molecular formula is C20H21Cl2N3. The SMILES string of the molecule is ClC(/C=N\N1CCN(Cc2ccc(Cl)cc2)CC1)=C/c1ccccc1. The molecule has 0 unspecified atom stereocenters. The van der Waals surface area contributed by atoms with Crippen molar-refractivity contribution in [2.24, 2.45) is 5.10 Å². The first-order chi connectivity index (χ1) is 12.2. The summed E-state index contributed by atoms with van der Waals surface area (Å²) in [6.45, 7) is 4.72. The van der Waals surface area contributed by atoms with Crippen LogP contribution in [0.5, 0.6) is 0 Å². The second-order valence-corrected chi connectivity index (χ2v) is 6.91. The fraction of sp³-hybridized carbons (Fsp3) is 0.250. The Morgan fingerprint density at radius 2 is 1.64 bits per heavy atom. The van der Waals surface area contributed by atoms with Crippen molar-refractivity contribution in [1.82, 2.24) is 9.91 Å². The van der Waals surface area contributed by atoms with Crippen molar-refractivity contribution in [2.75, 3.05) is 26.2 Å². The van der Waals surface area contributed by atoms with E-state index < -0.39 is 0 Å². The van der Waals surface area contributed by atoms with Crippen LogP contribution < -0.4 is 0 Å². The molecule has 0 N–H and O–H groups in total. The molecule has 0 saturated carbocycles. The predicted octanol–water partition coefficient (Wildman–Crippen LogP) is 4.72. The van der Waals surface area contributed by atoms with Crippen LogP contribution >= 0.6 is 23.2 Å². The number of allylic oxidation sites excluding steroid dienone is 1. The van der Waals surface area contributed by atoms with Gasteiger partial charge in [-0.05, 0) is 29.3 Å². The Balaban J connectivity index is 1.47. The highest BCUT2D eigenvalue weighted by Crippen LogP contribution is 2.13. The molecule has 0 amide bonds. The minimum atomic E-state index is 0.634. The molecule has 1 aliphatic rings. The summed E-state index contributed by atoms with van der Waals surface area (Å²) in [5.41, 5.74) is 2.36. The number of halogens is 2. The molecule has 2 aromatic rings. The predicted molar refractivity (Wildman–Crippen MR) is 107 cm³/mol. The first kappa shape index (κ1) is 18.0. The number of benzene rings is 2. The average molecular weight is 374 g/mol. The van der Waals surface area contributed by atoms with Gasteiger partial charge in [0.2, 0.25) is 0 Å². The second-order valence-electron chi connectivity index (χ2n) is 6.04. The number of hydrogen-bond donors (Lipinski definition) is 0. The van der Waals surface area contributed by atoms with Crippen LogP contribution in [0.3, 0.4) is 0 Å². The van der Waals surface area contributed by atoms with Gasteiger partial charge in [0.15, 0.2) is 0 Å². The van der Waals surface area contributed by atoms with Crippen LogP contribution in [0.2, 0.25) is 5.02 Å². The fourth-order valence-corrected chi connectivity index (χ4v) is 3.04. The van der Waals surface area contributed by atoms with E-state index in [4.69, 9.17) is 23.2 Å². The molecule has 1 saturated heterocycles. The molecule has 0 aromatic heterocycles. The lowest BCUT2D eigenvalue weighted by Gasteiger charge is -2.33. The van der Waals surface area contributed by atoms with Gasteiger partial charge in [-0.1, -0.05) is 65.7 Å². The van der Waals surface area contributed by atoms with Crippen LogP contribution in [0.15, 0.2) is 64.7 Å². The van der Waals surface area contributed by atoms with E-state index in [0.29, 0.717) is 5.03 Å². The van der Waals surface area contributed by atoms with Gasteiger partial charge in [0.1, 0.15) is 0 Å². The third kappa shape index (κ3) is 5.89. The van der Waals surface area contributed by atoms with Gasteiger partial charge in [0, 0.05) is 37.7 Å². The standard InChI is InChI=1S/C20H21Cl2N3/c21-19-8-6-18(7-9-19)16-24-10-12-25(13-11-24)23-15-20(22)14-17-4-2-1-3-5-17/h1-9,14-15H,10-13,16H2/b20-14+,23-15-. The van der Waals surface area contributed by atoms with Gasteiger partial charge in [-0.25, -0.2) is 0 Å². The first-order valence-electron chi connectivity index (χ1n) is 8.37. The van der Waals surface area contributed by atoms with E-state index in [9.17, 15) is 0 Å². The van der Waals surface area contributed by atoms with Crippen molar-refractivity contribution in [3.05, 3.63) is 75.8 Å². The number of piperazine rings is 1. The number of nitrogens with zero attached hydrogens (tertiary/aromatic N) is 3. The monoisotopic (exact) mass is 373 g/mol. The average Bonchev–Trinajstić information content (AvgIpc) is 2.64. The van der Waals surface area contributed by atoms with Gasteiger partial charge >= 0.3 is 0 Å². The van der Waals surface area contributed by atoms with E-state index in [1.807, 2.05) is 48.5 Å². The molecule has 0 bridgehead atoms. The first-order valence-corrected chi connectivity index (χ1v) is 9.12. The van der Waals surface area contributed by atoms with E-state index in [0.717, 1.165) is 43.3 Å². The highest BCUT2D eigenvalue weighted by atomic mass is 35.5. The molecule has 0 radical (unpaired) electrons. The second kappa shape index (κ2) is 9.04. The maximum absolute atomic E-state index is 6.25. The van der Waals surface area contributed by atoms with Gasteiger partial charge in [0.05, 0.1) is 11.2 Å². The topological polar surface area (TPSA) is 18.8 Å². The minimum absolute atomic E-state index is 0.634. The Hall–Kier alpha value is -1.81. The Morgan fingerprint density at radius 3 is 2.32 bits per heavy atom. The molecule has 5 heteroatoms. The van der Waals surface area contributed by atoms with Gasteiger partial charge in [0.25, 0.3) is 0 Å². The Bertz CT molecular complexity index is 718. The highest BCUT2D eigenvalue weighted by molar-refractivity contribution is 6.41. The molecule has 130 valence electrons. The normalized spacial score (nSPS) is 16.6. The zero-order valence-electron chi connectivity index (χ0n) is 14.0. The molecule has 1 heterocycles. The lowest BCUT2D eigenvalue weighted by molar-refractivity contribution is 0.131. The zero-order chi connectivity index (χ0) is 17.5. The Labute approximate surface area is 159 Å². The highest BCUT2D eigenvalue weighted by Gasteiger charge is 2.15. The molecule has 2 aromatic carbocycles. The summed E-state index contributed by atoms with van der Waals surface area (Å²) in [5.74, 6) is 0. The molecule has 3 nitrogen and oxygen atoms in total. The van der Waals surface area contributed by atoms with E-state index >= 15 is 0 Å². The van der Waals surface area contributed by atoms with E-state index in [-0.39, 0.29) is 0 Å². The summed E-state index contributed by atoms with van der Waals surface area (Å²) in [7, 11) is 0. The molecule has 0 aliphatic carbocycles. The summed E-state index contributed by atoms with van der Waals surface area (Å²) in [5, 5.41) is 7.98. The van der Waals surface area contributed by atoms with Crippen LogP contribution in [-0.2, 0) is 6.54 Å². The molecular weight excluding hydrogens is 353 g/mol. The molecule has 3 rings (SSSR count). The third-order valence-corrected chi connectivity index (χ3v) is 4.58. The van der Waals surface area contributed by atoms with Crippen molar-refractivity contribution in [3.63, 3.8) is 0 Å². The zero-order valence-corrected chi connectivity index (χ0v) is 15.5. The summed E-state index contributed by atoms with van der Waals surface area (Å²) in [6.07, 6.45) is 3.64. The van der Waals surface area contributed by atoms with Crippen molar-refractivity contribution < 1.29 is 0 Å². The van der Waals surface area contributed by atoms with Crippen molar-refractivity contribution in [3.8, 4) is 0 Å². The molecule has 0 atom stereocenters. The van der Waals surface area contributed by atoms with E-state index in [1.165, 1.54) is 5.56 Å². The Kier molecular flexibility index (Phi) is 6.51. The van der Waals surface area contributed by atoms with Crippen LogP contribution in [0.25, 0.3) is 6.08 Å².